The fourth-order valence-electron chi connectivity index (χ4n) is 1.47. The predicted molar refractivity (Wildman–Crippen MR) is 50.2 cm³/mol. The van der Waals surface area contributed by atoms with Crippen LogP contribution in [0.5, 0.6) is 5.75 Å². The van der Waals surface area contributed by atoms with Crippen molar-refractivity contribution < 1.29 is 18.3 Å². The van der Waals surface area contributed by atoms with Crippen molar-refractivity contribution in [1.82, 2.24) is 0 Å². The molecule has 0 radical (unpaired) electrons. The molecule has 80 valence electrons. The minimum absolute atomic E-state index is 0.0297. The van der Waals surface area contributed by atoms with Crippen LogP contribution in [0.4, 0.5) is 14.5 Å². The smallest absolute Gasteiger partial charge is 0.423 e. The number of halogens is 2. The molecule has 1 aromatic carbocycles. The summed E-state index contributed by atoms with van der Waals surface area (Å²) < 4.78 is 30.4. The van der Waals surface area contributed by atoms with Gasteiger partial charge in [0, 0.05) is 7.05 Å². The lowest BCUT2D eigenvalue weighted by molar-refractivity contribution is -0.192. The molecule has 3 nitrogen and oxygen atoms in total. The highest BCUT2D eigenvalue weighted by Gasteiger charge is 2.49. The van der Waals surface area contributed by atoms with E-state index >= 15 is 0 Å². The van der Waals surface area contributed by atoms with E-state index in [9.17, 15) is 13.6 Å². The van der Waals surface area contributed by atoms with Crippen LogP contribution in [0, 0.1) is 6.92 Å². The zero-order valence-corrected chi connectivity index (χ0v) is 8.25. The van der Waals surface area contributed by atoms with Crippen molar-refractivity contribution in [3.8, 4) is 5.75 Å². The number of hydrogen-bond donors (Lipinski definition) is 0. The summed E-state index contributed by atoms with van der Waals surface area (Å²) in [6, 6.07) is 4.79. The third-order valence-electron chi connectivity index (χ3n) is 2.27. The number of benzene rings is 1. The molecular weight excluding hydrogens is 204 g/mol. The van der Waals surface area contributed by atoms with Crippen molar-refractivity contribution in [2.75, 3.05) is 11.9 Å². The molecule has 0 bridgehead atoms. The maximum atomic E-state index is 13.0. The molecule has 0 atom stereocenters. The normalized spacial score (nSPS) is 18.4. The summed E-state index contributed by atoms with van der Waals surface area (Å²) in [6.07, 6.45) is -3.77. The number of fused-ring (bicyclic) bond motifs is 1. The number of ether oxygens (including phenoxy) is 1. The van der Waals surface area contributed by atoms with Gasteiger partial charge in [-0.15, -0.1) is 0 Å². The topological polar surface area (TPSA) is 29.5 Å². The van der Waals surface area contributed by atoms with Crippen LogP contribution >= 0.6 is 0 Å². The van der Waals surface area contributed by atoms with Crippen LogP contribution in [0.2, 0.25) is 0 Å². The number of amides is 1. The van der Waals surface area contributed by atoms with Crippen molar-refractivity contribution >= 4 is 11.6 Å². The number of nitrogens with zero attached hydrogens (tertiary/aromatic N) is 1. The van der Waals surface area contributed by atoms with Gasteiger partial charge in [0.15, 0.2) is 5.75 Å². The van der Waals surface area contributed by atoms with Crippen molar-refractivity contribution in [1.29, 1.82) is 0 Å². The quantitative estimate of drug-likeness (QED) is 0.659. The molecule has 0 aromatic heterocycles. The lowest BCUT2D eigenvalue weighted by atomic mass is 10.1. The van der Waals surface area contributed by atoms with Crippen LogP contribution in [0.1, 0.15) is 5.56 Å². The summed E-state index contributed by atoms with van der Waals surface area (Å²) in [5, 5.41) is 0. The Morgan fingerprint density at radius 2 is 2.07 bits per heavy atom. The number of hydrogen-bond acceptors (Lipinski definition) is 2. The Morgan fingerprint density at radius 1 is 1.40 bits per heavy atom. The van der Waals surface area contributed by atoms with Crippen LogP contribution in [-0.2, 0) is 4.79 Å². The second-order valence-corrected chi connectivity index (χ2v) is 3.45. The molecule has 1 aliphatic rings. The molecule has 0 saturated heterocycles. The fourth-order valence-corrected chi connectivity index (χ4v) is 1.47. The van der Waals surface area contributed by atoms with Gasteiger partial charge < -0.3 is 9.64 Å². The van der Waals surface area contributed by atoms with E-state index in [0.29, 0.717) is 5.69 Å². The van der Waals surface area contributed by atoms with E-state index in [1.54, 1.807) is 19.1 Å². The maximum absolute atomic E-state index is 13.0. The first kappa shape index (κ1) is 9.89. The van der Waals surface area contributed by atoms with Gasteiger partial charge in [-0.1, -0.05) is 6.07 Å². The lowest BCUT2D eigenvalue weighted by Crippen LogP contribution is -2.49. The molecule has 1 aliphatic heterocycles. The summed E-state index contributed by atoms with van der Waals surface area (Å²) in [7, 11) is 1.30. The molecule has 0 spiro atoms. The highest BCUT2D eigenvalue weighted by molar-refractivity contribution is 6.00. The molecule has 5 heteroatoms. The van der Waals surface area contributed by atoms with E-state index in [1.807, 2.05) is 0 Å². The van der Waals surface area contributed by atoms with Gasteiger partial charge in [0.2, 0.25) is 0 Å². The highest BCUT2D eigenvalue weighted by atomic mass is 19.3. The summed E-state index contributed by atoms with van der Waals surface area (Å²) in [4.78, 5) is 12.0. The second kappa shape index (κ2) is 2.92. The van der Waals surface area contributed by atoms with Crippen molar-refractivity contribution in [3.63, 3.8) is 0 Å². The van der Waals surface area contributed by atoms with Crippen LogP contribution in [0.25, 0.3) is 0 Å². The molecule has 1 heterocycles. The van der Waals surface area contributed by atoms with Gasteiger partial charge >= 0.3 is 12.0 Å². The number of aryl methyl sites for hydroxylation is 1. The minimum atomic E-state index is -3.77. The monoisotopic (exact) mass is 213 g/mol. The molecular formula is C10H9F2NO2. The zero-order valence-electron chi connectivity index (χ0n) is 8.25. The van der Waals surface area contributed by atoms with Gasteiger partial charge in [0.05, 0.1) is 5.69 Å². The number of likely N-dealkylation sites (N-methyl/N-ethyl adjacent to an activating group) is 1. The highest BCUT2D eigenvalue weighted by Crippen LogP contribution is 2.38. The van der Waals surface area contributed by atoms with E-state index < -0.39 is 12.0 Å². The first-order valence-electron chi connectivity index (χ1n) is 4.37. The van der Waals surface area contributed by atoms with Gasteiger partial charge in [-0.25, -0.2) is 0 Å². The number of carbonyl (C=O) groups is 1. The van der Waals surface area contributed by atoms with E-state index in [-0.39, 0.29) is 5.75 Å². The van der Waals surface area contributed by atoms with E-state index in [4.69, 9.17) is 0 Å². The van der Waals surface area contributed by atoms with Crippen LogP contribution in [0.3, 0.4) is 0 Å². The zero-order chi connectivity index (χ0) is 11.2. The summed E-state index contributed by atoms with van der Waals surface area (Å²) in [5.74, 6) is -1.32. The first-order valence-corrected chi connectivity index (χ1v) is 4.37. The number of carbonyl (C=O) groups excluding carboxylic acids is 1. The number of anilines is 1. The van der Waals surface area contributed by atoms with E-state index in [0.717, 1.165) is 10.5 Å². The number of rotatable bonds is 0. The average molecular weight is 213 g/mol. The largest absolute Gasteiger partial charge is 0.482 e. The molecule has 15 heavy (non-hydrogen) atoms. The molecule has 0 unspecified atom stereocenters. The maximum Gasteiger partial charge on any atom is 0.482 e. The van der Waals surface area contributed by atoms with Crippen molar-refractivity contribution in [2.45, 2.75) is 13.0 Å². The number of alkyl halides is 2. The van der Waals surface area contributed by atoms with Gasteiger partial charge in [0.1, 0.15) is 0 Å². The Hall–Kier alpha value is -1.65. The Balaban J connectivity index is 2.55. The summed E-state index contributed by atoms with van der Waals surface area (Å²) in [5.41, 5.74) is 1.16. The summed E-state index contributed by atoms with van der Waals surface area (Å²) >= 11 is 0. The predicted octanol–water partition coefficient (Wildman–Crippen LogP) is 1.94. The first-order chi connectivity index (χ1) is 6.92. The molecule has 1 aromatic rings. The molecule has 0 saturated carbocycles. The molecule has 0 aliphatic carbocycles. The van der Waals surface area contributed by atoms with Gasteiger partial charge in [0.25, 0.3) is 0 Å². The Morgan fingerprint density at radius 3 is 2.73 bits per heavy atom. The van der Waals surface area contributed by atoms with Gasteiger partial charge in [-0.2, -0.15) is 8.78 Å². The van der Waals surface area contributed by atoms with Crippen molar-refractivity contribution in [3.05, 3.63) is 23.8 Å². The van der Waals surface area contributed by atoms with Gasteiger partial charge in [-0.05, 0) is 24.6 Å². The van der Waals surface area contributed by atoms with Crippen LogP contribution < -0.4 is 9.64 Å². The second-order valence-electron chi connectivity index (χ2n) is 3.45. The minimum Gasteiger partial charge on any atom is -0.423 e. The molecule has 0 fully saturated rings. The van der Waals surface area contributed by atoms with Gasteiger partial charge in [-0.3, -0.25) is 4.79 Å². The fraction of sp³-hybridized carbons (Fsp3) is 0.300. The molecule has 0 N–H and O–H groups in total. The Bertz CT molecular complexity index is 431. The lowest BCUT2D eigenvalue weighted by Gasteiger charge is -2.30. The van der Waals surface area contributed by atoms with E-state index in [2.05, 4.69) is 4.74 Å². The average Bonchev–Trinajstić information content (AvgIpc) is 2.13. The third kappa shape index (κ3) is 1.44. The van der Waals surface area contributed by atoms with E-state index in [1.165, 1.54) is 13.1 Å². The standard InChI is InChI=1S/C10H9F2NO2/c1-6-3-4-7-8(5-6)15-10(11,12)9(14)13(7)2/h3-5H,1-2H3. The Labute approximate surface area is 85.3 Å². The van der Waals surface area contributed by atoms with Crippen LogP contribution in [0.15, 0.2) is 18.2 Å². The molecule has 2 rings (SSSR count). The molecule has 1 amide bonds. The SMILES string of the molecule is Cc1ccc2c(c1)OC(F)(F)C(=O)N2C. The third-order valence-corrected chi connectivity index (χ3v) is 2.27. The van der Waals surface area contributed by atoms with Crippen LogP contribution in [-0.4, -0.2) is 19.1 Å². The Kier molecular flexibility index (Phi) is 1.92. The van der Waals surface area contributed by atoms with Crippen molar-refractivity contribution in [2.24, 2.45) is 0 Å². The summed E-state index contributed by atoms with van der Waals surface area (Å²) in [6.45, 7) is 1.76.